The second kappa shape index (κ2) is 30.3. The molecule has 4 atom stereocenters. The second-order valence-electron chi connectivity index (χ2n) is 19.5. The van der Waals surface area contributed by atoms with Crippen LogP contribution in [0.25, 0.3) is 0 Å². The van der Waals surface area contributed by atoms with Crippen molar-refractivity contribution in [3.05, 3.63) is 65.2 Å². The maximum Gasteiger partial charge on any atom is 0.433 e. The lowest BCUT2D eigenvalue weighted by Crippen LogP contribution is -2.26. The summed E-state index contributed by atoms with van der Waals surface area (Å²) < 4.78 is 55.7. The zero-order valence-electron chi connectivity index (χ0n) is 39.7. The van der Waals surface area contributed by atoms with Gasteiger partial charge in [-0.25, -0.2) is 4.39 Å². The van der Waals surface area contributed by atoms with E-state index in [2.05, 4.69) is 15.6 Å². The second-order valence-corrected chi connectivity index (χ2v) is 19.5. The average Bonchev–Trinajstić information content (AvgIpc) is 4.16. The Morgan fingerprint density at radius 1 is 0.585 bits per heavy atom. The number of pyridine rings is 1. The van der Waals surface area contributed by atoms with Crippen molar-refractivity contribution in [2.45, 2.75) is 199 Å². The highest BCUT2D eigenvalue weighted by Gasteiger charge is 2.33. The molecule has 4 unspecified atom stereocenters. The molecule has 0 radical (unpaired) electrons. The monoisotopic (exact) mass is 918 g/mol. The molecule has 12 heteroatoms. The highest BCUT2D eigenvalue weighted by atomic mass is 19.4. The van der Waals surface area contributed by atoms with E-state index in [1.165, 1.54) is 147 Å². The first-order valence-corrected chi connectivity index (χ1v) is 25.7. The lowest BCUT2D eigenvalue weighted by atomic mass is 9.77. The number of aromatic nitrogens is 1. The lowest BCUT2D eigenvalue weighted by Gasteiger charge is -2.29. The van der Waals surface area contributed by atoms with Crippen LogP contribution in [-0.2, 0) is 20.5 Å². The van der Waals surface area contributed by atoms with Gasteiger partial charge in [0.1, 0.15) is 11.5 Å². The number of hydrogen-bond donors (Lipinski definition) is 4. The number of nitrogens with one attached hydrogen (secondary N) is 2. The number of ether oxygens (including phenoxy) is 1. The summed E-state index contributed by atoms with van der Waals surface area (Å²) in [5.74, 6) is 2.86. The quantitative estimate of drug-likeness (QED) is 0.138. The summed E-state index contributed by atoms with van der Waals surface area (Å²) in [6, 6.07) is 8.86. The predicted molar refractivity (Wildman–Crippen MR) is 251 cm³/mol. The molecule has 8 rings (SSSR count). The minimum atomic E-state index is -4.46. The van der Waals surface area contributed by atoms with Crippen molar-refractivity contribution in [3.63, 3.8) is 0 Å². The average molecular weight is 918 g/mol. The van der Waals surface area contributed by atoms with Gasteiger partial charge >= 0.3 is 18.1 Å². The van der Waals surface area contributed by atoms with Crippen LogP contribution in [-0.4, -0.2) is 59.4 Å². The normalized spacial score (nSPS) is 24.1. The Labute approximate surface area is 388 Å². The molecule has 4 N–H and O–H groups in total. The van der Waals surface area contributed by atoms with E-state index in [-0.39, 0.29) is 30.7 Å². The number of carbonyl (C=O) groups is 2. The number of nitrogens with zero attached hydrogens (tertiary/aromatic N) is 1. The summed E-state index contributed by atoms with van der Waals surface area (Å²) in [6.07, 6.45) is 26.0. The van der Waals surface area contributed by atoms with Gasteiger partial charge in [0.05, 0.1) is 18.6 Å². The molecule has 6 aliphatic rings. The van der Waals surface area contributed by atoms with E-state index in [0.29, 0.717) is 24.3 Å². The molecular weight excluding hydrogens is 835 g/mol. The standard InChI is InChI=1S/C14H17FO2.C13H14F3NO3.2C12H23N.C2H6/c15-13-6-4-11(5-7-13)12-3-1-2-10(8-12)9-14(16)17;14-13(15,16)11-5-4-8(7-17-11)10-3-1-2-9(20-10)6-12(18)19;2*1-2-6-11(5-1)9-13-10-12-7-3-4-8-12;1-2/h4-7,10,12H,1-3,8-9H2,(H,16,17);4-5,7,9-10H,1-3,6H2,(H,18,19);2*11-13H,1-10H2;1-2H3. The number of rotatable bonds is 14. The van der Waals surface area contributed by atoms with Gasteiger partial charge in [-0.15, -0.1) is 0 Å². The van der Waals surface area contributed by atoms with Crippen LogP contribution in [0.5, 0.6) is 0 Å². The maximum absolute atomic E-state index is 12.8. The fourth-order valence-corrected chi connectivity index (χ4v) is 10.9. The molecule has 0 bridgehead atoms. The van der Waals surface area contributed by atoms with Gasteiger partial charge in [-0.2, -0.15) is 13.2 Å². The zero-order valence-corrected chi connectivity index (χ0v) is 39.7. The van der Waals surface area contributed by atoms with E-state index in [9.17, 15) is 27.2 Å². The smallest absolute Gasteiger partial charge is 0.433 e. The Hall–Kier alpha value is -3.09. The minimum absolute atomic E-state index is 0.0927. The van der Waals surface area contributed by atoms with Crippen molar-refractivity contribution in [1.29, 1.82) is 0 Å². The van der Waals surface area contributed by atoms with E-state index in [1.807, 2.05) is 26.0 Å². The fraction of sp³-hybridized carbons (Fsp3) is 0.755. The molecule has 1 aromatic carbocycles. The SMILES string of the molecule is C1CCC(CNCC2CCCC2)C1.C1CCC(CNCC2CCCC2)C1.CC.O=C(O)CC1CCCC(c2ccc(C(F)(F)F)nc2)O1.O=C(O)CC1CCCC(c2ccc(F)cc2)C1. The number of alkyl halides is 3. The van der Waals surface area contributed by atoms with Crippen molar-refractivity contribution in [2.24, 2.45) is 29.6 Å². The van der Waals surface area contributed by atoms with Crippen LogP contribution in [0, 0.1) is 35.4 Å². The van der Waals surface area contributed by atoms with Crippen LogP contribution in [0.3, 0.4) is 0 Å². The third-order valence-corrected chi connectivity index (χ3v) is 14.4. The highest BCUT2D eigenvalue weighted by Crippen LogP contribution is 2.38. The van der Waals surface area contributed by atoms with Crippen molar-refractivity contribution in [1.82, 2.24) is 15.6 Å². The summed E-state index contributed by atoms with van der Waals surface area (Å²) in [5.41, 5.74) is 0.744. The Kier molecular flexibility index (Phi) is 25.4. The third kappa shape index (κ3) is 21.6. The molecule has 2 heterocycles. The minimum Gasteiger partial charge on any atom is -0.481 e. The number of benzene rings is 1. The largest absolute Gasteiger partial charge is 0.481 e. The molecule has 1 saturated heterocycles. The Bertz CT molecular complexity index is 1510. The first kappa shape index (κ1) is 54.5. The van der Waals surface area contributed by atoms with E-state index in [0.717, 1.165) is 73.6 Å². The van der Waals surface area contributed by atoms with E-state index < -0.39 is 29.9 Å². The van der Waals surface area contributed by atoms with Crippen molar-refractivity contribution >= 4 is 11.9 Å². The van der Waals surface area contributed by atoms with Gasteiger partial charge in [-0.05, 0) is 181 Å². The van der Waals surface area contributed by atoms with Gasteiger partial charge in [0.15, 0.2) is 0 Å². The molecule has 0 amide bonds. The fourth-order valence-electron chi connectivity index (χ4n) is 10.9. The first-order chi connectivity index (χ1) is 31.4. The first-order valence-electron chi connectivity index (χ1n) is 25.7. The summed E-state index contributed by atoms with van der Waals surface area (Å²) in [4.78, 5) is 24.7. The molecule has 5 saturated carbocycles. The van der Waals surface area contributed by atoms with Crippen molar-refractivity contribution in [3.8, 4) is 0 Å². The highest BCUT2D eigenvalue weighted by molar-refractivity contribution is 5.67. The molecule has 2 aromatic rings. The summed E-state index contributed by atoms with van der Waals surface area (Å²) in [7, 11) is 0. The Morgan fingerprint density at radius 2 is 1.02 bits per heavy atom. The number of hydrogen-bond acceptors (Lipinski definition) is 6. The number of halogens is 4. The Morgan fingerprint density at radius 3 is 1.43 bits per heavy atom. The van der Waals surface area contributed by atoms with Crippen LogP contribution in [0.2, 0.25) is 0 Å². The molecule has 1 aromatic heterocycles. The van der Waals surface area contributed by atoms with Crippen LogP contribution in [0.15, 0.2) is 42.6 Å². The van der Waals surface area contributed by atoms with E-state index in [1.54, 1.807) is 0 Å². The third-order valence-electron chi connectivity index (χ3n) is 14.4. The van der Waals surface area contributed by atoms with Gasteiger partial charge < -0.3 is 25.6 Å². The topological polar surface area (TPSA) is 121 Å². The maximum atomic E-state index is 12.8. The van der Waals surface area contributed by atoms with Crippen LogP contribution in [0.4, 0.5) is 17.6 Å². The molecule has 0 spiro atoms. The van der Waals surface area contributed by atoms with E-state index in [4.69, 9.17) is 14.9 Å². The molecule has 5 aliphatic carbocycles. The molecule has 6 fully saturated rings. The molecule has 1 aliphatic heterocycles. The summed E-state index contributed by atoms with van der Waals surface area (Å²) >= 11 is 0. The lowest BCUT2D eigenvalue weighted by molar-refractivity contribution is -0.144. The predicted octanol–water partition coefficient (Wildman–Crippen LogP) is 13.7. The van der Waals surface area contributed by atoms with E-state index >= 15 is 0 Å². The zero-order chi connectivity index (χ0) is 46.9. The van der Waals surface area contributed by atoms with Crippen LogP contribution >= 0.6 is 0 Å². The van der Waals surface area contributed by atoms with Gasteiger partial charge in [-0.1, -0.05) is 89.8 Å². The van der Waals surface area contributed by atoms with Gasteiger partial charge in [0.25, 0.3) is 0 Å². The molecule has 8 nitrogen and oxygen atoms in total. The van der Waals surface area contributed by atoms with Crippen molar-refractivity contribution in [2.75, 3.05) is 26.2 Å². The molecule has 368 valence electrons. The molecule has 65 heavy (non-hydrogen) atoms. The number of carboxylic acid groups (broad SMARTS) is 2. The van der Waals surface area contributed by atoms with Gasteiger partial charge in [0.2, 0.25) is 0 Å². The van der Waals surface area contributed by atoms with Crippen LogP contribution < -0.4 is 10.6 Å². The van der Waals surface area contributed by atoms with Gasteiger partial charge in [0, 0.05) is 12.6 Å². The summed E-state index contributed by atoms with van der Waals surface area (Å²) in [6.45, 7) is 9.21. The number of carboxylic acids is 2. The van der Waals surface area contributed by atoms with Gasteiger partial charge in [-0.3, -0.25) is 14.6 Å². The van der Waals surface area contributed by atoms with Crippen LogP contribution in [0.1, 0.15) is 203 Å². The van der Waals surface area contributed by atoms with Crippen molar-refractivity contribution < 1.29 is 42.1 Å². The molecular formula is C53H83F4N3O5. The summed E-state index contributed by atoms with van der Waals surface area (Å²) in [5, 5.41) is 24.9. The number of aliphatic carboxylic acids is 2. The Balaban J connectivity index is 0.000000190.